The molecule has 15 heavy (non-hydrogen) atoms. The summed E-state index contributed by atoms with van der Waals surface area (Å²) >= 11 is 11.4. The zero-order valence-corrected chi connectivity index (χ0v) is 9.59. The highest BCUT2D eigenvalue weighted by atomic mass is 35.5. The van der Waals surface area contributed by atoms with E-state index in [1.165, 1.54) is 11.1 Å². The Bertz CT molecular complexity index is 406. The monoisotopic (exact) mass is 245 g/mol. The Labute approximate surface area is 97.2 Å². The van der Waals surface area contributed by atoms with Crippen LogP contribution < -0.4 is 4.90 Å². The van der Waals surface area contributed by atoms with Gasteiger partial charge in [-0.05, 0) is 24.4 Å². The third-order valence-corrected chi connectivity index (χ3v) is 2.77. The molecule has 1 amide bonds. The van der Waals surface area contributed by atoms with Crippen LogP contribution in [0.2, 0.25) is 10.4 Å². The van der Waals surface area contributed by atoms with Gasteiger partial charge >= 0.3 is 0 Å². The Morgan fingerprint density at radius 2 is 2.20 bits per heavy atom. The van der Waals surface area contributed by atoms with Crippen LogP contribution in [-0.2, 0) is 4.79 Å². The summed E-state index contributed by atoms with van der Waals surface area (Å²) in [6.07, 6.45) is 3.36. The third kappa shape index (κ3) is 2.21. The Balaban J connectivity index is 2.24. The summed E-state index contributed by atoms with van der Waals surface area (Å²) in [6.45, 7) is 0. The van der Waals surface area contributed by atoms with Crippen molar-refractivity contribution in [2.24, 2.45) is 5.92 Å². The maximum atomic E-state index is 11.7. The van der Waals surface area contributed by atoms with Crippen molar-refractivity contribution in [1.29, 1.82) is 0 Å². The van der Waals surface area contributed by atoms with Gasteiger partial charge < -0.3 is 4.90 Å². The second-order valence-corrected chi connectivity index (χ2v) is 4.18. The minimum Gasteiger partial charge on any atom is -0.311 e. The van der Waals surface area contributed by atoms with Gasteiger partial charge in [-0.2, -0.15) is 0 Å². The minimum absolute atomic E-state index is 0.0582. The highest BCUT2D eigenvalue weighted by Gasteiger charge is 2.33. The molecule has 1 aromatic rings. The molecular formula is C9H9Cl2N3O. The van der Waals surface area contributed by atoms with E-state index < -0.39 is 0 Å². The first kappa shape index (κ1) is 10.6. The average Bonchev–Trinajstić information content (AvgIpc) is 2.99. The molecule has 0 atom stereocenters. The lowest BCUT2D eigenvalue weighted by molar-refractivity contribution is -0.119. The fourth-order valence-electron chi connectivity index (χ4n) is 1.28. The predicted molar refractivity (Wildman–Crippen MR) is 58.2 cm³/mol. The maximum absolute atomic E-state index is 11.7. The van der Waals surface area contributed by atoms with Gasteiger partial charge in [0.2, 0.25) is 11.2 Å². The molecule has 0 radical (unpaired) electrons. The van der Waals surface area contributed by atoms with E-state index in [9.17, 15) is 4.79 Å². The van der Waals surface area contributed by atoms with E-state index in [1.54, 1.807) is 7.05 Å². The van der Waals surface area contributed by atoms with Crippen LogP contribution in [0.1, 0.15) is 12.8 Å². The van der Waals surface area contributed by atoms with Crippen molar-refractivity contribution in [2.75, 3.05) is 11.9 Å². The molecule has 0 unspecified atom stereocenters. The SMILES string of the molecule is CN(C(=O)C1CC1)c1cnc(Cl)nc1Cl. The highest BCUT2D eigenvalue weighted by Crippen LogP contribution is 2.33. The number of anilines is 1. The molecule has 1 aromatic heterocycles. The van der Waals surface area contributed by atoms with Crippen LogP contribution in [-0.4, -0.2) is 22.9 Å². The van der Waals surface area contributed by atoms with Gasteiger partial charge in [0.15, 0.2) is 5.15 Å². The molecular weight excluding hydrogens is 237 g/mol. The van der Waals surface area contributed by atoms with E-state index in [1.807, 2.05) is 0 Å². The van der Waals surface area contributed by atoms with Crippen molar-refractivity contribution in [3.8, 4) is 0 Å². The topological polar surface area (TPSA) is 46.1 Å². The lowest BCUT2D eigenvalue weighted by Gasteiger charge is -2.17. The van der Waals surface area contributed by atoms with Gasteiger partial charge in [0.05, 0.1) is 11.9 Å². The average molecular weight is 246 g/mol. The molecule has 0 bridgehead atoms. The van der Waals surface area contributed by atoms with Gasteiger partial charge in [-0.1, -0.05) is 11.6 Å². The first-order chi connectivity index (χ1) is 7.09. The quantitative estimate of drug-likeness (QED) is 0.593. The van der Waals surface area contributed by atoms with E-state index in [4.69, 9.17) is 23.2 Å². The van der Waals surface area contributed by atoms with Gasteiger partial charge in [-0.25, -0.2) is 9.97 Å². The first-order valence-corrected chi connectivity index (χ1v) is 5.31. The van der Waals surface area contributed by atoms with Crippen molar-refractivity contribution in [3.05, 3.63) is 16.6 Å². The summed E-state index contributed by atoms with van der Waals surface area (Å²) in [5.41, 5.74) is 0.498. The summed E-state index contributed by atoms with van der Waals surface area (Å²) in [5.74, 6) is 0.199. The number of carbonyl (C=O) groups is 1. The molecule has 1 saturated carbocycles. The van der Waals surface area contributed by atoms with Crippen LogP contribution in [0, 0.1) is 5.92 Å². The van der Waals surface area contributed by atoms with E-state index in [2.05, 4.69) is 9.97 Å². The predicted octanol–water partition coefficient (Wildman–Crippen LogP) is 2.16. The Kier molecular flexibility index (Phi) is 2.80. The van der Waals surface area contributed by atoms with Crippen molar-refractivity contribution >= 4 is 34.8 Å². The molecule has 1 heterocycles. The van der Waals surface area contributed by atoms with Crippen molar-refractivity contribution < 1.29 is 4.79 Å². The van der Waals surface area contributed by atoms with Gasteiger partial charge in [-0.15, -0.1) is 0 Å². The molecule has 2 rings (SSSR count). The van der Waals surface area contributed by atoms with Crippen LogP contribution in [0.4, 0.5) is 5.69 Å². The number of amides is 1. The number of rotatable bonds is 2. The van der Waals surface area contributed by atoms with Crippen LogP contribution in [0.15, 0.2) is 6.20 Å². The van der Waals surface area contributed by atoms with Crippen LogP contribution in [0.5, 0.6) is 0 Å². The summed E-state index contributed by atoms with van der Waals surface area (Å²) in [4.78, 5) is 20.8. The van der Waals surface area contributed by atoms with Gasteiger partial charge in [-0.3, -0.25) is 4.79 Å². The van der Waals surface area contributed by atoms with E-state index in [0.29, 0.717) is 5.69 Å². The van der Waals surface area contributed by atoms with Crippen LogP contribution in [0.3, 0.4) is 0 Å². The van der Waals surface area contributed by atoms with Crippen LogP contribution in [0.25, 0.3) is 0 Å². The summed E-state index contributed by atoms with van der Waals surface area (Å²) < 4.78 is 0. The Morgan fingerprint density at radius 1 is 1.53 bits per heavy atom. The van der Waals surface area contributed by atoms with E-state index in [-0.39, 0.29) is 22.3 Å². The molecule has 0 N–H and O–H groups in total. The Morgan fingerprint density at radius 3 is 2.73 bits per heavy atom. The zero-order chi connectivity index (χ0) is 11.0. The number of nitrogens with zero attached hydrogens (tertiary/aromatic N) is 3. The molecule has 0 saturated heterocycles. The molecule has 0 spiro atoms. The maximum Gasteiger partial charge on any atom is 0.229 e. The van der Waals surface area contributed by atoms with E-state index in [0.717, 1.165) is 12.8 Å². The largest absolute Gasteiger partial charge is 0.311 e. The fourth-order valence-corrected chi connectivity index (χ4v) is 1.71. The molecule has 0 aliphatic heterocycles. The molecule has 0 aromatic carbocycles. The van der Waals surface area contributed by atoms with Crippen molar-refractivity contribution in [3.63, 3.8) is 0 Å². The number of hydrogen-bond acceptors (Lipinski definition) is 3. The van der Waals surface area contributed by atoms with Crippen molar-refractivity contribution in [2.45, 2.75) is 12.8 Å². The number of halogens is 2. The van der Waals surface area contributed by atoms with Gasteiger partial charge in [0.25, 0.3) is 0 Å². The first-order valence-electron chi connectivity index (χ1n) is 4.55. The number of hydrogen-bond donors (Lipinski definition) is 0. The van der Waals surface area contributed by atoms with Crippen molar-refractivity contribution in [1.82, 2.24) is 9.97 Å². The molecule has 6 heteroatoms. The lowest BCUT2D eigenvalue weighted by atomic mass is 10.3. The molecule has 1 aliphatic carbocycles. The fraction of sp³-hybridized carbons (Fsp3) is 0.444. The second-order valence-electron chi connectivity index (χ2n) is 3.49. The lowest BCUT2D eigenvalue weighted by Crippen LogP contribution is -2.28. The van der Waals surface area contributed by atoms with E-state index >= 15 is 0 Å². The standard InChI is InChI=1S/C9H9Cl2N3O/c1-14(8(15)5-2-3-5)6-4-12-9(11)13-7(6)10/h4-5H,2-3H2,1H3. The summed E-state index contributed by atoms with van der Waals surface area (Å²) in [5, 5.41) is 0.280. The Hall–Kier alpha value is -0.870. The minimum atomic E-state index is 0.0582. The van der Waals surface area contributed by atoms with Gasteiger partial charge in [0.1, 0.15) is 0 Å². The normalized spacial score (nSPS) is 15.1. The molecule has 1 aliphatic rings. The zero-order valence-electron chi connectivity index (χ0n) is 8.07. The molecule has 4 nitrogen and oxygen atoms in total. The molecule has 1 fully saturated rings. The second kappa shape index (κ2) is 3.94. The summed E-state index contributed by atoms with van der Waals surface area (Å²) in [6, 6.07) is 0. The number of carbonyl (C=O) groups excluding carboxylic acids is 1. The summed E-state index contributed by atoms with van der Waals surface area (Å²) in [7, 11) is 1.67. The third-order valence-electron chi connectivity index (χ3n) is 2.31. The smallest absolute Gasteiger partial charge is 0.229 e. The van der Waals surface area contributed by atoms with Gasteiger partial charge in [0, 0.05) is 13.0 Å². The van der Waals surface area contributed by atoms with Crippen LogP contribution >= 0.6 is 23.2 Å². The highest BCUT2D eigenvalue weighted by molar-refractivity contribution is 6.34. The molecule has 80 valence electrons. The number of aromatic nitrogens is 2.